The molecule has 0 saturated carbocycles. The summed E-state index contributed by atoms with van der Waals surface area (Å²) >= 11 is 0. The lowest BCUT2D eigenvalue weighted by Gasteiger charge is -2.18. The lowest BCUT2D eigenvalue weighted by atomic mass is 10.0. The Kier molecular flexibility index (Phi) is 43.9. The van der Waals surface area contributed by atoms with E-state index in [-0.39, 0.29) is 12.8 Å². The summed E-state index contributed by atoms with van der Waals surface area (Å²) in [6, 6.07) is -1.54. The van der Waals surface area contributed by atoms with Gasteiger partial charge in [-0.2, -0.15) is 0 Å². The maximum absolute atomic E-state index is 12.4. The fraction of sp³-hybridized carbons (Fsp3) is 0.939. The normalized spacial score (nSPS) is 13.5. The zero-order chi connectivity index (χ0) is 44.9. The minimum atomic E-state index is -4.75. The number of nitrogens with one attached hydrogen (secondary N) is 1. The van der Waals surface area contributed by atoms with Crippen LogP contribution in [0.15, 0.2) is 0 Å². The zero-order valence-corrected chi connectivity index (χ0v) is 40.4. The molecular formula is C49H96NO10P. The number of unbranched alkanes of at least 4 members (excludes halogenated alkanes) is 35. The number of phosphoric ester groups is 1. The van der Waals surface area contributed by atoms with E-state index >= 15 is 0 Å². The molecule has 0 aromatic carbocycles. The van der Waals surface area contributed by atoms with Gasteiger partial charge in [-0.3, -0.25) is 18.6 Å². The zero-order valence-electron chi connectivity index (χ0n) is 39.5. The van der Waals surface area contributed by atoms with Crippen molar-refractivity contribution in [3.05, 3.63) is 0 Å². The second kappa shape index (κ2) is 45.1. The summed E-state index contributed by atoms with van der Waals surface area (Å²) in [5, 5.41) is 21.9. The lowest BCUT2D eigenvalue weighted by Crippen LogP contribution is -2.43. The van der Waals surface area contributed by atoms with Crippen molar-refractivity contribution >= 4 is 25.7 Å². The van der Waals surface area contributed by atoms with Crippen molar-refractivity contribution in [1.82, 2.24) is 5.32 Å². The minimum absolute atomic E-state index is 0.153. The molecule has 0 heterocycles. The highest BCUT2D eigenvalue weighted by atomic mass is 31.2. The van der Waals surface area contributed by atoms with Gasteiger partial charge in [-0.1, -0.05) is 239 Å². The van der Waals surface area contributed by atoms with Crippen LogP contribution in [0, 0.1) is 0 Å². The maximum atomic E-state index is 12.4. The molecule has 0 aromatic heterocycles. The first-order valence-electron chi connectivity index (χ1n) is 25.6. The van der Waals surface area contributed by atoms with E-state index in [9.17, 15) is 34.1 Å². The minimum Gasteiger partial charge on any atom is -0.480 e. The topological polar surface area (TPSA) is 169 Å². The highest BCUT2D eigenvalue weighted by Gasteiger charge is 2.28. The Morgan fingerprint density at radius 1 is 0.459 bits per heavy atom. The van der Waals surface area contributed by atoms with E-state index in [1.807, 2.05) is 0 Å². The van der Waals surface area contributed by atoms with Gasteiger partial charge >= 0.3 is 19.8 Å². The van der Waals surface area contributed by atoms with Crippen LogP contribution in [0.2, 0.25) is 0 Å². The number of ether oxygens (including phenoxy) is 1. The van der Waals surface area contributed by atoms with Crippen LogP contribution in [0.3, 0.4) is 0 Å². The highest BCUT2D eigenvalue weighted by molar-refractivity contribution is 7.47. The van der Waals surface area contributed by atoms with Crippen LogP contribution in [0.4, 0.5) is 0 Å². The van der Waals surface area contributed by atoms with Crippen molar-refractivity contribution in [3.63, 3.8) is 0 Å². The van der Waals surface area contributed by atoms with E-state index in [0.29, 0.717) is 12.8 Å². The molecule has 0 aliphatic rings. The molecule has 3 unspecified atom stereocenters. The van der Waals surface area contributed by atoms with Crippen LogP contribution in [-0.2, 0) is 32.7 Å². The molecule has 11 nitrogen and oxygen atoms in total. The molecule has 1 amide bonds. The number of amides is 1. The third-order valence-electron chi connectivity index (χ3n) is 11.6. The van der Waals surface area contributed by atoms with Crippen LogP contribution < -0.4 is 5.32 Å². The molecule has 0 rings (SSSR count). The summed E-state index contributed by atoms with van der Waals surface area (Å²) in [6.45, 7) is 2.65. The molecule has 0 bridgehead atoms. The number of aliphatic hydroxyl groups is 1. The Balaban J connectivity index is 3.78. The summed E-state index contributed by atoms with van der Waals surface area (Å²) in [5.74, 6) is -2.35. The quantitative estimate of drug-likeness (QED) is 0.0262. The van der Waals surface area contributed by atoms with Gasteiger partial charge in [0.25, 0.3) is 0 Å². The Morgan fingerprint density at radius 2 is 0.754 bits per heavy atom. The fourth-order valence-electron chi connectivity index (χ4n) is 7.67. The third-order valence-corrected chi connectivity index (χ3v) is 12.6. The van der Waals surface area contributed by atoms with Gasteiger partial charge in [0.05, 0.1) is 13.2 Å². The number of carboxylic acids is 1. The van der Waals surface area contributed by atoms with Crippen molar-refractivity contribution in [2.24, 2.45) is 0 Å². The van der Waals surface area contributed by atoms with Crippen molar-refractivity contribution in [1.29, 1.82) is 0 Å². The molecule has 0 fully saturated rings. The maximum Gasteiger partial charge on any atom is 0.472 e. The van der Waals surface area contributed by atoms with Crippen LogP contribution >= 0.6 is 7.82 Å². The molecule has 12 heteroatoms. The Morgan fingerprint density at radius 3 is 1.08 bits per heavy atom. The molecule has 0 aliphatic heterocycles. The predicted octanol–water partition coefficient (Wildman–Crippen LogP) is 13.8. The van der Waals surface area contributed by atoms with Gasteiger partial charge in [0.2, 0.25) is 5.91 Å². The number of hydrogen-bond donors (Lipinski definition) is 4. The molecule has 0 aliphatic carbocycles. The van der Waals surface area contributed by atoms with E-state index in [2.05, 4.69) is 19.2 Å². The number of carbonyl (C=O) groups excluding carboxylic acids is 2. The summed E-state index contributed by atoms with van der Waals surface area (Å²) < 4.78 is 26.9. The fourth-order valence-corrected chi connectivity index (χ4v) is 8.44. The van der Waals surface area contributed by atoms with Crippen LogP contribution in [0.1, 0.15) is 264 Å². The predicted molar refractivity (Wildman–Crippen MR) is 250 cm³/mol. The summed E-state index contributed by atoms with van der Waals surface area (Å²) in [6.07, 6.45) is 45.5. The highest BCUT2D eigenvalue weighted by Crippen LogP contribution is 2.43. The van der Waals surface area contributed by atoms with Gasteiger partial charge in [0, 0.05) is 12.8 Å². The molecule has 61 heavy (non-hydrogen) atoms. The molecular weight excluding hydrogens is 794 g/mol. The number of carbonyl (C=O) groups is 3. The van der Waals surface area contributed by atoms with Gasteiger partial charge in [-0.05, 0) is 12.8 Å². The van der Waals surface area contributed by atoms with Gasteiger partial charge in [-0.15, -0.1) is 0 Å². The van der Waals surface area contributed by atoms with E-state index in [1.54, 1.807) is 0 Å². The van der Waals surface area contributed by atoms with Gasteiger partial charge in [0.1, 0.15) is 12.7 Å². The smallest absolute Gasteiger partial charge is 0.472 e. The monoisotopic (exact) mass is 890 g/mol. The van der Waals surface area contributed by atoms with Crippen molar-refractivity contribution < 1.29 is 47.8 Å². The standard InChI is InChI=1S/C49H96NO10P/c1-3-5-7-9-11-13-15-17-19-20-21-22-23-24-25-27-28-30-32-34-36-38-40-47(52)50-46(49(54)55)44-60-61(56,57)59-43-45(51)42-58-48(53)41-39-37-35-33-31-29-26-18-16-14-12-10-8-6-4-2/h45-46,51H,3-44H2,1-2H3,(H,50,52)(H,54,55)(H,56,57). The molecule has 0 saturated heterocycles. The molecule has 362 valence electrons. The van der Waals surface area contributed by atoms with E-state index in [1.165, 1.54) is 186 Å². The SMILES string of the molecule is CCCCCCCCCCCCCCCCCCCCCCCCC(=O)NC(COP(=O)(O)OCC(O)COC(=O)CCCCCCCCCCCCCCCCC)C(=O)O. The largest absolute Gasteiger partial charge is 0.480 e. The van der Waals surface area contributed by atoms with Crippen LogP contribution in [0.5, 0.6) is 0 Å². The Bertz CT molecular complexity index is 1050. The van der Waals surface area contributed by atoms with E-state index in [4.69, 9.17) is 13.8 Å². The second-order valence-corrected chi connectivity index (χ2v) is 19.2. The lowest BCUT2D eigenvalue weighted by molar-refractivity contribution is -0.147. The second-order valence-electron chi connectivity index (χ2n) is 17.7. The summed E-state index contributed by atoms with van der Waals surface area (Å²) in [4.78, 5) is 46.1. The number of aliphatic hydroxyl groups excluding tert-OH is 1. The summed E-state index contributed by atoms with van der Waals surface area (Å²) in [7, 11) is -4.75. The molecule has 0 aromatic rings. The number of carboxylic acid groups (broad SMARTS) is 1. The first kappa shape index (κ1) is 59.5. The number of rotatable bonds is 49. The average molecular weight is 890 g/mol. The van der Waals surface area contributed by atoms with Gasteiger partial charge in [-0.25, -0.2) is 9.36 Å². The molecule has 4 N–H and O–H groups in total. The number of phosphoric acid groups is 1. The Hall–Kier alpha value is -1.52. The molecule has 3 atom stereocenters. The number of esters is 1. The van der Waals surface area contributed by atoms with Crippen LogP contribution in [0.25, 0.3) is 0 Å². The van der Waals surface area contributed by atoms with Crippen molar-refractivity contribution in [3.8, 4) is 0 Å². The first-order chi connectivity index (χ1) is 29.6. The molecule has 0 radical (unpaired) electrons. The number of hydrogen-bond acceptors (Lipinski definition) is 8. The average Bonchev–Trinajstić information content (AvgIpc) is 3.24. The number of aliphatic carboxylic acids is 1. The van der Waals surface area contributed by atoms with Gasteiger partial charge < -0.3 is 25.2 Å². The Labute approximate surface area is 374 Å². The van der Waals surface area contributed by atoms with Crippen molar-refractivity contribution in [2.45, 2.75) is 276 Å². The van der Waals surface area contributed by atoms with Gasteiger partial charge in [0.15, 0.2) is 6.04 Å². The van der Waals surface area contributed by atoms with E-state index in [0.717, 1.165) is 38.5 Å². The first-order valence-corrected chi connectivity index (χ1v) is 27.1. The van der Waals surface area contributed by atoms with Crippen molar-refractivity contribution in [2.75, 3.05) is 19.8 Å². The third kappa shape index (κ3) is 44.9. The van der Waals surface area contributed by atoms with Crippen LogP contribution in [-0.4, -0.2) is 64.9 Å². The van der Waals surface area contributed by atoms with E-state index < -0.39 is 57.6 Å². The summed E-state index contributed by atoms with van der Waals surface area (Å²) in [5.41, 5.74) is 0. The molecule has 0 spiro atoms.